The summed E-state index contributed by atoms with van der Waals surface area (Å²) in [4.78, 5) is 0. The minimum Gasteiger partial charge on any atom is -0.497 e. The standard InChI is InChI=1S/C13H19N5OS/c1-4-14-12(9-20-13-15-16-17-18(13)2)10-6-5-7-11(8-10)19-3/h5-8,12,14H,4,9H2,1-3H3. The Morgan fingerprint density at radius 1 is 1.45 bits per heavy atom. The molecule has 0 radical (unpaired) electrons. The minimum atomic E-state index is 0.233. The van der Waals surface area contributed by atoms with Crippen LogP contribution in [0, 0.1) is 0 Å². The van der Waals surface area contributed by atoms with Gasteiger partial charge in [-0.3, -0.25) is 0 Å². The first-order valence-electron chi connectivity index (χ1n) is 6.47. The number of hydrogen-bond donors (Lipinski definition) is 1. The molecule has 1 heterocycles. The number of thioether (sulfide) groups is 1. The van der Waals surface area contributed by atoms with Crippen LogP contribution in [0.25, 0.3) is 0 Å². The summed E-state index contributed by atoms with van der Waals surface area (Å²) >= 11 is 1.63. The number of tetrazole rings is 1. The number of nitrogens with one attached hydrogen (secondary N) is 1. The van der Waals surface area contributed by atoms with Crippen LogP contribution in [0.1, 0.15) is 18.5 Å². The van der Waals surface area contributed by atoms with Gasteiger partial charge in [-0.2, -0.15) is 0 Å². The molecule has 0 saturated carbocycles. The molecule has 0 spiro atoms. The number of aryl methyl sites for hydroxylation is 1. The molecule has 0 fully saturated rings. The van der Waals surface area contributed by atoms with Crippen molar-refractivity contribution in [3.05, 3.63) is 29.8 Å². The van der Waals surface area contributed by atoms with Crippen molar-refractivity contribution in [2.24, 2.45) is 7.05 Å². The SMILES string of the molecule is CCNC(CSc1nnnn1C)c1cccc(OC)c1. The zero-order valence-electron chi connectivity index (χ0n) is 11.9. The van der Waals surface area contributed by atoms with Crippen LogP contribution in [0.4, 0.5) is 0 Å². The Morgan fingerprint density at radius 3 is 2.95 bits per heavy atom. The van der Waals surface area contributed by atoms with E-state index in [1.54, 1.807) is 23.6 Å². The van der Waals surface area contributed by atoms with Crippen LogP contribution in [0.3, 0.4) is 0 Å². The van der Waals surface area contributed by atoms with Crippen molar-refractivity contribution in [1.82, 2.24) is 25.5 Å². The summed E-state index contributed by atoms with van der Waals surface area (Å²) in [5, 5.41) is 15.8. The van der Waals surface area contributed by atoms with Crippen LogP contribution < -0.4 is 10.1 Å². The van der Waals surface area contributed by atoms with Gasteiger partial charge in [-0.05, 0) is 34.7 Å². The summed E-state index contributed by atoms with van der Waals surface area (Å²) in [6.45, 7) is 3.00. The molecule has 20 heavy (non-hydrogen) atoms. The first-order chi connectivity index (χ1) is 9.74. The third kappa shape index (κ3) is 3.71. The maximum atomic E-state index is 5.28. The highest BCUT2D eigenvalue weighted by Gasteiger charge is 2.13. The van der Waals surface area contributed by atoms with Gasteiger partial charge in [0.05, 0.1) is 7.11 Å². The molecule has 0 aliphatic rings. The molecule has 2 rings (SSSR count). The summed E-state index contributed by atoms with van der Waals surface area (Å²) in [6, 6.07) is 8.35. The van der Waals surface area contributed by atoms with Gasteiger partial charge < -0.3 is 10.1 Å². The van der Waals surface area contributed by atoms with Gasteiger partial charge in [0, 0.05) is 18.8 Å². The number of nitrogens with zero attached hydrogens (tertiary/aromatic N) is 4. The molecule has 2 aromatic rings. The molecule has 0 aliphatic heterocycles. The Kier molecular flexibility index (Phi) is 5.37. The number of benzene rings is 1. The van der Waals surface area contributed by atoms with Crippen LogP contribution in [-0.2, 0) is 7.05 Å². The quantitative estimate of drug-likeness (QED) is 0.783. The Labute approximate surface area is 122 Å². The average Bonchev–Trinajstić information content (AvgIpc) is 2.89. The highest BCUT2D eigenvalue weighted by molar-refractivity contribution is 7.99. The van der Waals surface area contributed by atoms with Crippen molar-refractivity contribution >= 4 is 11.8 Å². The lowest BCUT2D eigenvalue weighted by Gasteiger charge is -2.18. The normalized spacial score (nSPS) is 12.3. The fraction of sp³-hybridized carbons (Fsp3) is 0.462. The molecular formula is C13H19N5OS. The van der Waals surface area contributed by atoms with E-state index in [-0.39, 0.29) is 6.04 Å². The van der Waals surface area contributed by atoms with E-state index in [0.29, 0.717) is 0 Å². The lowest BCUT2D eigenvalue weighted by atomic mass is 10.1. The minimum absolute atomic E-state index is 0.233. The third-order valence-corrected chi connectivity index (χ3v) is 4.01. The van der Waals surface area contributed by atoms with Crippen molar-refractivity contribution < 1.29 is 4.74 Å². The maximum Gasteiger partial charge on any atom is 0.209 e. The number of rotatable bonds is 7. The maximum absolute atomic E-state index is 5.28. The molecule has 1 aromatic carbocycles. The lowest BCUT2D eigenvalue weighted by molar-refractivity contribution is 0.413. The fourth-order valence-electron chi connectivity index (χ4n) is 1.88. The van der Waals surface area contributed by atoms with Gasteiger partial charge in [0.2, 0.25) is 5.16 Å². The van der Waals surface area contributed by atoms with E-state index in [0.717, 1.165) is 23.2 Å². The van der Waals surface area contributed by atoms with Gasteiger partial charge in [0.25, 0.3) is 0 Å². The van der Waals surface area contributed by atoms with E-state index in [9.17, 15) is 0 Å². The highest BCUT2D eigenvalue weighted by atomic mass is 32.2. The molecule has 0 bridgehead atoms. The zero-order valence-corrected chi connectivity index (χ0v) is 12.7. The molecule has 0 aliphatic carbocycles. The van der Waals surface area contributed by atoms with E-state index >= 15 is 0 Å². The summed E-state index contributed by atoms with van der Waals surface area (Å²) in [5.74, 6) is 1.73. The van der Waals surface area contributed by atoms with Gasteiger partial charge in [-0.1, -0.05) is 30.8 Å². The monoisotopic (exact) mass is 293 g/mol. The highest BCUT2D eigenvalue weighted by Crippen LogP contribution is 2.25. The van der Waals surface area contributed by atoms with Gasteiger partial charge in [0.15, 0.2) is 0 Å². The average molecular weight is 293 g/mol. The predicted octanol–water partition coefficient (Wildman–Crippen LogP) is 1.66. The molecule has 1 unspecified atom stereocenters. The summed E-state index contributed by atoms with van der Waals surface area (Å²) in [7, 11) is 3.53. The van der Waals surface area contributed by atoms with E-state index in [4.69, 9.17) is 4.74 Å². The Morgan fingerprint density at radius 2 is 2.30 bits per heavy atom. The van der Waals surface area contributed by atoms with E-state index < -0.39 is 0 Å². The van der Waals surface area contributed by atoms with Crippen molar-refractivity contribution in [2.75, 3.05) is 19.4 Å². The van der Waals surface area contributed by atoms with Crippen molar-refractivity contribution in [2.45, 2.75) is 18.1 Å². The first kappa shape index (κ1) is 14.8. The Bertz CT molecular complexity index is 545. The molecule has 1 N–H and O–H groups in total. The largest absolute Gasteiger partial charge is 0.497 e. The zero-order chi connectivity index (χ0) is 14.4. The predicted molar refractivity (Wildman–Crippen MR) is 78.9 cm³/mol. The van der Waals surface area contributed by atoms with Crippen molar-refractivity contribution in [3.8, 4) is 5.75 Å². The van der Waals surface area contributed by atoms with Crippen LogP contribution in [0.5, 0.6) is 5.75 Å². The second kappa shape index (κ2) is 7.25. The molecule has 0 amide bonds. The number of aromatic nitrogens is 4. The van der Waals surface area contributed by atoms with Crippen molar-refractivity contribution in [1.29, 1.82) is 0 Å². The summed E-state index contributed by atoms with van der Waals surface area (Å²) in [6.07, 6.45) is 0. The van der Waals surface area contributed by atoms with E-state index in [1.165, 1.54) is 5.56 Å². The smallest absolute Gasteiger partial charge is 0.209 e. The Hall–Kier alpha value is -1.60. The molecule has 6 nitrogen and oxygen atoms in total. The van der Waals surface area contributed by atoms with E-state index in [1.807, 2.05) is 19.2 Å². The van der Waals surface area contributed by atoms with Crippen LogP contribution in [0.15, 0.2) is 29.4 Å². The second-order valence-electron chi connectivity index (χ2n) is 4.28. The molecule has 0 saturated heterocycles. The van der Waals surface area contributed by atoms with Gasteiger partial charge in [0.1, 0.15) is 5.75 Å². The van der Waals surface area contributed by atoms with Gasteiger partial charge in [-0.15, -0.1) is 5.10 Å². The summed E-state index contributed by atoms with van der Waals surface area (Å²) < 4.78 is 6.96. The number of ether oxygens (including phenoxy) is 1. The third-order valence-electron chi connectivity index (χ3n) is 2.91. The molecule has 108 valence electrons. The fourth-order valence-corrected chi connectivity index (χ4v) is 2.82. The van der Waals surface area contributed by atoms with Crippen LogP contribution in [-0.4, -0.2) is 39.6 Å². The molecule has 1 aromatic heterocycles. The van der Waals surface area contributed by atoms with Crippen LogP contribution in [0.2, 0.25) is 0 Å². The van der Waals surface area contributed by atoms with Crippen LogP contribution >= 0.6 is 11.8 Å². The summed E-state index contributed by atoms with van der Waals surface area (Å²) in [5.41, 5.74) is 1.20. The van der Waals surface area contributed by atoms with E-state index in [2.05, 4.69) is 39.9 Å². The van der Waals surface area contributed by atoms with Gasteiger partial charge >= 0.3 is 0 Å². The molecule has 7 heteroatoms. The Balaban J connectivity index is 2.08. The van der Waals surface area contributed by atoms with Crippen molar-refractivity contribution in [3.63, 3.8) is 0 Å². The second-order valence-corrected chi connectivity index (χ2v) is 5.27. The number of hydrogen-bond acceptors (Lipinski definition) is 6. The van der Waals surface area contributed by atoms with Gasteiger partial charge in [-0.25, -0.2) is 4.68 Å². The lowest BCUT2D eigenvalue weighted by Crippen LogP contribution is -2.23. The topological polar surface area (TPSA) is 64.9 Å². The first-order valence-corrected chi connectivity index (χ1v) is 7.45. The molecule has 1 atom stereocenters. The molecular weight excluding hydrogens is 274 g/mol. The number of methoxy groups -OCH3 is 1.